The first-order valence-electron chi connectivity index (χ1n) is 8.49. The van der Waals surface area contributed by atoms with Gasteiger partial charge in [-0.05, 0) is 32.4 Å². The van der Waals surface area contributed by atoms with Gasteiger partial charge in [0.05, 0.1) is 12.0 Å². The number of nitrogens with one attached hydrogen (secondary N) is 1. The number of hydrogen-bond donors (Lipinski definition) is 1. The van der Waals surface area contributed by atoms with E-state index in [1.54, 1.807) is 26.0 Å². The molecule has 4 unspecified atom stereocenters. The number of hydrogen-bond acceptors (Lipinski definition) is 6. The molecule has 7 nitrogen and oxygen atoms in total. The number of benzene rings is 1. The molecule has 3 rings (SSSR count). The second-order valence-electron chi connectivity index (χ2n) is 6.89. The Kier molecular flexibility index (Phi) is 7.43. The van der Waals surface area contributed by atoms with Crippen LogP contribution in [0, 0.1) is 0 Å². The smallest absolute Gasteiger partial charge is 0.548 e. The molecule has 140 valence electrons. The van der Waals surface area contributed by atoms with E-state index >= 15 is 0 Å². The third kappa shape index (κ3) is 4.38. The van der Waals surface area contributed by atoms with Crippen molar-refractivity contribution >= 4 is 29.5 Å². The molecule has 0 aliphatic carbocycles. The zero-order chi connectivity index (χ0) is 19.1. The number of carbonyl (C=O) groups is 3. The standard InChI is InChI=1S/C18H22N2O5S.K/c1-4-11(25-10-8-6-5-7-9-10)14(21)19-12-15(22)20-13(17(23)24)18(2,3)26-16(12)20;/h5-9,11-13,16H,4H2,1-3H3,(H,19,21)(H,23,24);/q;+1/p-1. The maximum absolute atomic E-state index is 12.5. The van der Waals surface area contributed by atoms with Crippen LogP contribution in [-0.2, 0) is 14.4 Å². The number of para-hydroxylation sites is 1. The molecule has 2 fully saturated rings. The van der Waals surface area contributed by atoms with Crippen molar-refractivity contribution in [3.63, 3.8) is 0 Å². The van der Waals surface area contributed by atoms with E-state index in [0.29, 0.717) is 12.2 Å². The zero-order valence-corrected chi connectivity index (χ0v) is 19.7. The van der Waals surface area contributed by atoms with Crippen LogP contribution in [0.15, 0.2) is 30.3 Å². The van der Waals surface area contributed by atoms with Crippen LogP contribution in [0.5, 0.6) is 5.75 Å². The summed E-state index contributed by atoms with van der Waals surface area (Å²) in [4.78, 5) is 37.7. The quantitative estimate of drug-likeness (QED) is 0.396. The summed E-state index contributed by atoms with van der Waals surface area (Å²) in [5, 5.41) is 13.7. The van der Waals surface area contributed by atoms with E-state index in [1.807, 2.05) is 25.1 Å². The van der Waals surface area contributed by atoms with Crippen LogP contribution in [0.4, 0.5) is 0 Å². The van der Waals surface area contributed by atoms with Crippen molar-refractivity contribution in [1.29, 1.82) is 0 Å². The first kappa shape index (κ1) is 22.7. The molecule has 0 radical (unpaired) electrons. The van der Waals surface area contributed by atoms with Gasteiger partial charge in [-0.1, -0.05) is 25.1 Å². The molecule has 0 saturated carbocycles. The maximum Gasteiger partial charge on any atom is 1.00 e. The van der Waals surface area contributed by atoms with Gasteiger partial charge in [-0.3, -0.25) is 9.59 Å². The molecule has 2 heterocycles. The Hall–Kier alpha value is -0.584. The van der Waals surface area contributed by atoms with Crippen LogP contribution in [-0.4, -0.2) is 51.0 Å². The average molecular weight is 417 g/mol. The van der Waals surface area contributed by atoms with Gasteiger partial charge in [-0.2, -0.15) is 0 Å². The minimum atomic E-state index is -1.28. The SMILES string of the molecule is CCC(Oc1ccccc1)C(=O)NC1C(=O)N2C1SC(C)(C)C2C(=O)[O-].[K+]. The van der Waals surface area contributed by atoms with E-state index in [2.05, 4.69) is 5.32 Å². The number of fused-ring (bicyclic) bond motifs is 1. The van der Waals surface area contributed by atoms with Crippen molar-refractivity contribution < 1.29 is 75.6 Å². The molecule has 27 heavy (non-hydrogen) atoms. The Morgan fingerprint density at radius 3 is 2.52 bits per heavy atom. The van der Waals surface area contributed by atoms with E-state index in [0.717, 1.165) is 0 Å². The van der Waals surface area contributed by atoms with Crippen molar-refractivity contribution in [2.45, 2.75) is 55.5 Å². The van der Waals surface area contributed by atoms with Gasteiger partial charge in [-0.15, -0.1) is 11.8 Å². The number of ether oxygens (including phenoxy) is 1. The molecule has 2 saturated heterocycles. The third-order valence-corrected chi connectivity index (χ3v) is 6.22. The maximum atomic E-state index is 12.5. The summed E-state index contributed by atoms with van der Waals surface area (Å²) >= 11 is 1.36. The van der Waals surface area contributed by atoms with E-state index in [1.165, 1.54) is 16.7 Å². The number of β-lactam (4-membered cyclic amide) rings is 1. The molecule has 0 bridgehead atoms. The Labute approximate surface area is 205 Å². The fraction of sp³-hybridized carbons (Fsp3) is 0.500. The molecule has 1 aromatic carbocycles. The van der Waals surface area contributed by atoms with Crippen molar-refractivity contribution in [2.24, 2.45) is 0 Å². The van der Waals surface area contributed by atoms with E-state index in [9.17, 15) is 19.5 Å². The number of thioether (sulfide) groups is 1. The van der Waals surface area contributed by atoms with E-state index in [-0.39, 0.29) is 57.3 Å². The normalized spacial score (nSPS) is 26.3. The van der Waals surface area contributed by atoms with Gasteiger partial charge in [0, 0.05) is 4.75 Å². The second kappa shape index (κ2) is 8.83. The zero-order valence-electron chi connectivity index (χ0n) is 15.8. The number of amides is 2. The largest absolute Gasteiger partial charge is 1.00 e. The van der Waals surface area contributed by atoms with E-state index < -0.39 is 40.2 Å². The summed E-state index contributed by atoms with van der Waals surface area (Å²) in [6, 6.07) is 7.24. The van der Waals surface area contributed by atoms with Gasteiger partial charge >= 0.3 is 51.4 Å². The number of rotatable bonds is 6. The van der Waals surface area contributed by atoms with Crippen molar-refractivity contribution in [3.8, 4) is 5.75 Å². The summed E-state index contributed by atoms with van der Waals surface area (Å²) in [6.45, 7) is 5.34. The van der Waals surface area contributed by atoms with E-state index in [4.69, 9.17) is 4.74 Å². The topological polar surface area (TPSA) is 98.8 Å². The van der Waals surface area contributed by atoms with Gasteiger partial charge in [0.1, 0.15) is 17.2 Å². The Balaban J connectivity index is 0.00000261. The molecular weight excluding hydrogens is 395 g/mol. The first-order chi connectivity index (χ1) is 12.3. The average Bonchev–Trinajstić information content (AvgIpc) is 2.86. The molecule has 1 aromatic rings. The Morgan fingerprint density at radius 1 is 1.33 bits per heavy atom. The van der Waals surface area contributed by atoms with Gasteiger partial charge in [0.15, 0.2) is 6.10 Å². The number of carboxylic acid groups (broad SMARTS) is 1. The molecular formula is C18H21KN2O5S. The Morgan fingerprint density at radius 2 is 1.96 bits per heavy atom. The van der Waals surface area contributed by atoms with Crippen molar-refractivity contribution in [3.05, 3.63) is 30.3 Å². The number of aliphatic carboxylic acids is 1. The fourth-order valence-electron chi connectivity index (χ4n) is 3.36. The predicted molar refractivity (Wildman–Crippen MR) is 94.2 cm³/mol. The van der Waals surface area contributed by atoms with Gasteiger partial charge in [0.2, 0.25) is 5.91 Å². The third-order valence-electron chi connectivity index (χ3n) is 4.65. The second-order valence-corrected chi connectivity index (χ2v) is 8.66. The van der Waals surface area contributed by atoms with Crippen LogP contribution in [0.2, 0.25) is 0 Å². The van der Waals surface area contributed by atoms with Gasteiger partial charge < -0.3 is 24.9 Å². The molecule has 0 aromatic heterocycles. The summed E-state index contributed by atoms with van der Waals surface area (Å²) in [7, 11) is 0. The summed E-state index contributed by atoms with van der Waals surface area (Å²) in [6.07, 6.45) is -0.285. The van der Waals surface area contributed by atoms with Gasteiger partial charge in [0.25, 0.3) is 5.91 Å². The van der Waals surface area contributed by atoms with Crippen LogP contribution < -0.4 is 66.5 Å². The number of carbonyl (C=O) groups excluding carboxylic acids is 3. The van der Waals surface area contributed by atoms with Crippen LogP contribution in [0.25, 0.3) is 0 Å². The van der Waals surface area contributed by atoms with Crippen molar-refractivity contribution in [2.75, 3.05) is 0 Å². The minimum Gasteiger partial charge on any atom is -0.548 e. The first-order valence-corrected chi connectivity index (χ1v) is 9.37. The van der Waals surface area contributed by atoms with Crippen LogP contribution in [0.1, 0.15) is 27.2 Å². The number of carboxylic acids is 1. The molecule has 2 aliphatic rings. The van der Waals surface area contributed by atoms with Crippen LogP contribution >= 0.6 is 11.8 Å². The van der Waals surface area contributed by atoms with Crippen LogP contribution in [0.3, 0.4) is 0 Å². The molecule has 2 amide bonds. The Bertz CT molecular complexity index is 730. The summed E-state index contributed by atoms with van der Waals surface area (Å²) in [5.41, 5.74) is 0. The molecule has 1 N–H and O–H groups in total. The molecule has 2 aliphatic heterocycles. The monoisotopic (exact) mass is 416 g/mol. The summed E-state index contributed by atoms with van der Waals surface area (Å²) < 4.78 is 5.02. The van der Waals surface area contributed by atoms with Crippen molar-refractivity contribution in [1.82, 2.24) is 10.2 Å². The summed E-state index contributed by atoms with van der Waals surface area (Å²) in [5.74, 6) is -1.48. The molecule has 0 spiro atoms. The molecule has 4 atom stereocenters. The molecule has 9 heteroatoms. The number of nitrogens with zero attached hydrogens (tertiary/aromatic N) is 1. The minimum absolute atomic E-state index is 0. The predicted octanol–water partition coefficient (Wildman–Crippen LogP) is -2.85. The fourth-order valence-corrected chi connectivity index (χ4v) is 4.98. The van der Waals surface area contributed by atoms with Gasteiger partial charge in [-0.25, -0.2) is 0 Å².